The number of hydrogen-bond donors (Lipinski definition) is 0. The van der Waals surface area contributed by atoms with Crippen molar-refractivity contribution in [3.8, 4) is 0 Å². The number of nitrogens with zero attached hydrogens (tertiary/aromatic N) is 3. The highest BCUT2D eigenvalue weighted by Gasteiger charge is 2.36. The average molecular weight is 305 g/mol. The van der Waals surface area contributed by atoms with Crippen LogP contribution < -0.4 is 4.90 Å². The fourth-order valence-corrected chi connectivity index (χ4v) is 3.92. The van der Waals surface area contributed by atoms with Crippen LogP contribution in [0.5, 0.6) is 0 Å². The number of likely N-dealkylation sites (tertiary alicyclic amines) is 1. The molecule has 3 rings (SSSR count). The van der Waals surface area contributed by atoms with Crippen LogP contribution in [0.25, 0.3) is 0 Å². The molecule has 0 saturated carbocycles. The van der Waals surface area contributed by atoms with Crippen molar-refractivity contribution < 1.29 is 9.59 Å². The summed E-state index contributed by atoms with van der Waals surface area (Å²) in [5, 5.41) is 0.903. The Hall–Kier alpha value is -1.56. The molecule has 2 aliphatic rings. The van der Waals surface area contributed by atoms with Gasteiger partial charge in [0.1, 0.15) is 11.1 Å². The number of rotatable bonds is 3. The molecular formula is C15H19N3O2S. The van der Waals surface area contributed by atoms with Crippen molar-refractivity contribution in [1.29, 1.82) is 0 Å². The van der Waals surface area contributed by atoms with E-state index in [9.17, 15) is 9.59 Å². The molecule has 5 nitrogen and oxygen atoms in total. The normalized spacial score (nSPS) is 19.6. The Morgan fingerprint density at radius 3 is 3.05 bits per heavy atom. The van der Waals surface area contributed by atoms with Crippen LogP contribution in [-0.2, 0) is 9.59 Å². The van der Waals surface area contributed by atoms with Crippen molar-refractivity contribution in [2.75, 3.05) is 23.7 Å². The molecule has 1 atom stereocenters. The molecule has 1 aromatic heterocycles. The summed E-state index contributed by atoms with van der Waals surface area (Å²) in [6.07, 6.45) is 3.83. The van der Waals surface area contributed by atoms with Crippen LogP contribution in [0.4, 0.5) is 5.69 Å². The molecule has 2 aliphatic heterocycles. The molecule has 6 heteroatoms. The highest BCUT2D eigenvalue weighted by molar-refractivity contribution is 7.99. The lowest BCUT2D eigenvalue weighted by Crippen LogP contribution is -2.50. The molecular weight excluding hydrogens is 286 g/mol. The van der Waals surface area contributed by atoms with Crippen LogP contribution in [0.15, 0.2) is 23.4 Å². The summed E-state index contributed by atoms with van der Waals surface area (Å²) in [6, 6.07) is 3.45. The third-order valence-electron chi connectivity index (χ3n) is 4.02. The van der Waals surface area contributed by atoms with Crippen molar-refractivity contribution in [3.63, 3.8) is 0 Å². The predicted molar refractivity (Wildman–Crippen MR) is 82.3 cm³/mol. The lowest BCUT2D eigenvalue weighted by Gasteiger charge is -2.34. The molecule has 2 amide bonds. The zero-order valence-electron chi connectivity index (χ0n) is 12.1. The molecule has 0 bridgehead atoms. The van der Waals surface area contributed by atoms with E-state index in [4.69, 9.17) is 0 Å². The van der Waals surface area contributed by atoms with E-state index in [-0.39, 0.29) is 17.9 Å². The zero-order chi connectivity index (χ0) is 14.8. The van der Waals surface area contributed by atoms with E-state index < -0.39 is 0 Å². The van der Waals surface area contributed by atoms with E-state index in [2.05, 4.69) is 4.98 Å². The number of carbonyl (C=O) groups is 2. The third-order valence-corrected chi connectivity index (χ3v) is 4.99. The van der Waals surface area contributed by atoms with Crippen molar-refractivity contribution in [3.05, 3.63) is 18.3 Å². The van der Waals surface area contributed by atoms with Gasteiger partial charge in [-0.15, -0.1) is 11.8 Å². The van der Waals surface area contributed by atoms with E-state index in [1.165, 1.54) is 0 Å². The molecule has 1 fully saturated rings. The van der Waals surface area contributed by atoms with Crippen LogP contribution >= 0.6 is 11.8 Å². The van der Waals surface area contributed by atoms with Gasteiger partial charge in [0.2, 0.25) is 11.8 Å². The van der Waals surface area contributed by atoms with Crippen LogP contribution in [0.1, 0.15) is 26.2 Å². The number of pyridine rings is 1. The van der Waals surface area contributed by atoms with Gasteiger partial charge in [-0.05, 0) is 25.0 Å². The summed E-state index contributed by atoms with van der Waals surface area (Å²) in [6.45, 7) is 3.35. The number of fused-ring (bicyclic) bond motifs is 1. The second kappa shape index (κ2) is 6.05. The van der Waals surface area contributed by atoms with E-state index >= 15 is 0 Å². The Morgan fingerprint density at radius 1 is 1.48 bits per heavy atom. The first-order chi connectivity index (χ1) is 10.2. The van der Waals surface area contributed by atoms with Crippen LogP contribution in [0.3, 0.4) is 0 Å². The first kappa shape index (κ1) is 14.4. The largest absolute Gasteiger partial charge is 0.331 e. The minimum atomic E-state index is -0.337. The molecule has 112 valence electrons. The van der Waals surface area contributed by atoms with Crippen LogP contribution in [0.2, 0.25) is 0 Å². The Balaban J connectivity index is 1.86. The molecule has 21 heavy (non-hydrogen) atoms. The van der Waals surface area contributed by atoms with Gasteiger partial charge in [-0.3, -0.25) is 9.59 Å². The number of carbonyl (C=O) groups excluding carboxylic acids is 2. The summed E-state index contributed by atoms with van der Waals surface area (Å²) in [5.41, 5.74) is 0.879. The molecule has 0 spiro atoms. The molecule has 1 aromatic rings. The molecule has 0 N–H and O–H groups in total. The van der Waals surface area contributed by atoms with Gasteiger partial charge in [-0.1, -0.05) is 6.92 Å². The van der Waals surface area contributed by atoms with E-state index in [1.54, 1.807) is 27.8 Å². The van der Waals surface area contributed by atoms with Gasteiger partial charge in [0.15, 0.2) is 0 Å². The number of thioether (sulfide) groups is 1. The maximum atomic E-state index is 12.9. The fraction of sp³-hybridized carbons (Fsp3) is 0.533. The number of anilines is 1. The minimum absolute atomic E-state index is 0.0299. The van der Waals surface area contributed by atoms with Gasteiger partial charge in [-0.25, -0.2) is 4.98 Å². The number of aromatic nitrogens is 1. The Bertz CT molecular complexity index is 564. The summed E-state index contributed by atoms with van der Waals surface area (Å²) < 4.78 is 0. The Morgan fingerprint density at radius 2 is 2.33 bits per heavy atom. The topological polar surface area (TPSA) is 53.5 Å². The molecule has 0 aliphatic carbocycles. The lowest BCUT2D eigenvalue weighted by atomic mass is 10.1. The molecule has 3 heterocycles. The third kappa shape index (κ3) is 2.64. The molecule has 0 aromatic carbocycles. The SMILES string of the molecule is CCC(C(=O)N1CCSc2ncccc21)N1CCCC1=O. The highest BCUT2D eigenvalue weighted by atomic mass is 32.2. The molecule has 1 unspecified atom stereocenters. The summed E-state index contributed by atoms with van der Waals surface area (Å²) >= 11 is 1.68. The fourth-order valence-electron chi connectivity index (χ4n) is 2.99. The van der Waals surface area contributed by atoms with Gasteiger partial charge in [0, 0.05) is 31.5 Å². The molecule has 0 radical (unpaired) electrons. The van der Waals surface area contributed by atoms with Gasteiger partial charge in [-0.2, -0.15) is 0 Å². The Labute approximate surface area is 128 Å². The van der Waals surface area contributed by atoms with Gasteiger partial charge < -0.3 is 9.80 Å². The second-order valence-electron chi connectivity index (χ2n) is 5.28. The van der Waals surface area contributed by atoms with Gasteiger partial charge in [0.25, 0.3) is 0 Å². The first-order valence-electron chi connectivity index (χ1n) is 7.41. The van der Waals surface area contributed by atoms with Crippen molar-refractivity contribution >= 4 is 29.3 Å². The van der Waals surface area contributed by atoms with Crippen LogP contribution in [0, 0.1) is 0 Å². The smallest absolute Gasteiger partial charge is 0.249 e. The van der Waals surface area contributed by atoms with E-state index in [1.807, 2.05) is 19.1 Å². The average Bonchev–Trinajstić information content (AvgIpc) is 2.93. The monoisotopic (exact) mass is 305 g/mol. The van der Waals surface area contributed by atoms with Gasteiger partial charge >= 0.3 is 0 Å². The maximum Gasteiger partial charge on any atom is 0.249 e. The predicted octanol–water partition coefficient (Wildman–Crippen LogP) is 1.92. The van der Waals surface area contributed by atoms with Crippen molar-refractivity contribution in [2.45, 2.75) is 37.3 Å². The van der Waals surface area contributed by atoms with Crippen LogP contribution in [-0.4, -0.2) is 46.6 Å². The van der Waals surface area contributed by atoms with E-state index in [0.29, 0.717) is 25.9 Å². The quantitative estimate of drug-likeness (QED) is 0.856. The Kier molecular flexibility index (Phi) is 4.14. The van der Waals surface area contributed by atoms with E-state index in [0.717, 1.165) is 22.9 Å². The summed E-state index contributed by atoms with van der Waals surface area (Å²) in [4.78, 5) is 32.8. The minimum Gasteiger partial charge on any atom is -0.331 e. The van der Waals surface area contributed by atoms with Crippen molar-refractivity contribution in [2.24, 2.45) is 0 Å². The zero-order valence-corrected chi connectivity index (χ0v) is 12.9. The number of amides is 2. The summed E-state index contributed by atoms with van der Waals surface area (Å²) in [7, 11) is 0. The number of hydrogen-bond acceptors (Lipinski definition) is 4. The standard InChI is InChI=1S/C15H19N3O2S/c1-2-11(17-8-4-6-13(17)19)15(20)18-9-10-21-14-12(18)5-3-7-16-14/h3,5,7,11H,2,4,6,8-10H2,1H3. The van der Waals surface area contributed by atoms with Gasteiger partial charge in [0.05, 0.1) is 5.69 Å². The maximum absolute atomic E-state index is 12.9. The molecule has 1 saturated heterocycles. The second-order valence-corrected chi connectivity index (χ2v) is 6.36. The first-order valence-corrected chi connectivity index (χ1v) is 8.39. The van der Waals surface area contributed by atoms with Crippen molar-refractivity contribution in [1.82, 2.24) is 9.88 Å². The highest BCUT2D eigenvalue weighted by Crippen LogP contribution is 2.33. The summed E-state index contributed by atoms with van der Waals surface area (Å²) in [5.74, 6) is 0.982. The lowest BCUT2D eigenvalue weighted by molar-refractivity contribution is -0.136.